The third-order valence-corrected chi connectivity index (χ3v) is 5.63. The predicted molar refractivity (Wildman–Crippen MR) is 132 cm³/mol. The van der Waals surface area contributed by atoms with Crippen LogP contribution in [0.2, 0.25) is 15.1 Å². The third-order valence-electron chi connectivity index (χ3n) is 4.85. The van der Waals surface area contributed by atoms with E-state index in [1.807, 2.05) is 12.1 Å². The molecule has 0 saturated heterocycles. The molecule has 0 aliphatic rings. The smallest absolute Gasteiger partial charge is 0.338 e. The topological polar surface area (TPSA) is 95.6 Å². The van der Waals surface area contributed by atoms with Crippen molar-refractivity contribution in [1.82, 2.24) is 9.78 Å². The number of benzene rings is 2. The van der Waals surface area contributed by atoms with Gasteiger partial charge in [0.1, 0.15) is 12.4 Å². The van der Waals surface area contributed by atoms with Crippen molar-refractivity contribution in [2.45, 2.75) is 13.2 Å². The molecule has 0 saturated carbocycles. The normalized spacial score (nSPS) is 10.7. The molecule has 11 heteroatoms. The largest absolute Gasteiger partial charge is 0.483 e. The van der Waals surface area contributed by atoms with Crippen LogP contribution < -0.4 is 10.1 Å². The van der Waals surface area contributed by atoms with Gasteiger partial charge in [0.25, 0.3) is 5.91 Å². The van der Waals surface area contributed by atoms with Crippen molar-refractivity contribution >= 4 is 52.4 Å². The zero-order chi connectivity index (χ0) is 24.9. The number of ether oxygens (including phenoxy) is 2. The van der Waals surface area contributed by atoms with Gasteiger partial charge in [0, 0.05) is 11.2 Å². The number of amides is 1. The number of carbonyl (C=O) groups excluding carboxylic acids is 2. The van der Waals surface area contributed by atoms with E-state index in [9.17, 15) is 9.59 Å². The molecule has 2 aromatic heterocycles. The first-order chi connectivity index (χ1) is 16.8. The summed E-state index contributed by atoms with van der Waals surface area (Å²) < 4.78 is 17.6. The number of rotatable bonds is 8. The number of nitrogens with one attached hydrogen (secondary N) is 1. The SMILES string of the molecule is COC(=O)c1ccccc1Cn1cc(NC(=O)c2ccc(COc3c(Cl)cc(Cl)cc3Cl)o2)cn1. The quantitative estimate of drug-likeness (QED) is 0.274. The van der Waals surface area contributed by atoms with Crippen LogP contribution in [-0.4, -0.2) is 28.8 Å². The molecule has 0 atom stereocenters. The molecule has 0 bridgehead atoms. The van der Waals surface area contributed by atoms with Crippen molar-refractivity contribution in [3.05, 3.63) is 98.6 Å². The standard InChI is InChI=1S/C24H18Cl3N3O5/c1-33-24(32)18-5-3-2-4-14(18)11-30-12-16(10-28-30)29-23(31)21-7-6-17(35-21)13-34-22-19(26)8-15(25)9-20(22)27/h2-10,12H,11,13H2,1H3,(H,29,31). The van der Waals surface area contributed by atoms with Gasteiger partial charge in [-0.15, -0.1) is 0 Å². The second kappa shape index (κ2) is 10.9. The van der Waals surface area contributed by atoms with Gasteiger partial charge in [-0.05, 0) is 35.9 Å². The van der Waals surface area contributed by atoms with E-state index >= 15 is 0 Å². The highest BCUT2D eigenvalue weighted by Crippen LogP contribution is 2.36. The van der Waals surface area contributed by atoms with Gasteiger partial charge in [-0.2, -0.15) is 5.10 Å². The first kappa shape index (κ1) is 24.7. The van der Waals surface area contributed by atoms with Gasteiger partial charge in [-0.25, -0.2) is 4.79 Å². The molecule has 4 rings (SSSR count). The predicted octanol–water partition coefficient (Wildman–Crippen LogP) is 6.10. The van der Waals surface area contributed by atoms with Crippen LogP contribution in [0.3, 0.4) is 0 Å². The van der Waals surface area contributed by atoms with Crippen molar-refractivity contribution in [3.63, 3.8) is 0 Å². The van der Waals surface area contributed by atoms with Crippen LogP contribution in [0, 0.1) is 0 Å². The highest BCUT2D eigenvalue weighted by atomic mass is 35.5. The van der Waals surface area contributed by atoms with Crippen LogP contribution in [0.15, 0.2) is 65.3 Å². The summed E-state index contributed by atoms with van der Waals surface area (Å²) in [5, 5.41) is 7.87. The number of carbonyl (C=O) groups is 2. The number of esters is 1. The Morgan fingerprint density at radius 3 is 2.57 bits per heavy atom. The van der Waals surface area contributed by atoms with Crippen molar-refractivity contribution in [3.8, 4) is 5.75 Å². The Balaban J connectivity index is 1.37. The number of halogens is 3. The minimum Gasteiger partial charge on any atom is -0.483 e. The molecule has 0 unspecified atom stereocenters. The third kappa shape index (κ3) is 5.97. The molecule has 4 aromatic rings. The van der Waals surface area contributed by atoms with E-state index in [0.717, 1.165) is 5.56 Å². The van der Waals surface area contributed by atoms with E-state index in [4.69, 9.17) is 48.7 Å². The van der Waals surface area contributed by atoms with E-state index < -0.39 is 11.9 Å². The van der Waals surface area contributed by atoms with Crippen LogP contribution >= 0.6 is 34.8 Å². The molecule has 2 heterocycles. The summed E-state index contributed by atoms with van der Waals surface area (Å²) in [7, 11) is 1.33. The Hall–Kier alpha value is -3.46. The summed E-state index contributed by atoms with van der Waals surface area (Å²) in [6.45, 7) is 0.324. The lowest BCUT2D eigenvalue weighted by Crippen LogP contribution is -2.11. The van der Waals surface area contributed by atoms with E-state index in [2.05, 4.69) is 10.4 Å². The number of methoxy groups -OCH3 is 1. The first-order valence-electron chi connectivity index (χ1n) is 10.2. The Kier molecular flexibility index (Phi) is 7.65. The molecule has 0 aliphatic carbocycles. The van der Waals surface area contributed by atoms with E-state index in [-0.39, 0.29) is 28.2 Å². The minimum absolute atomic E-state index is 0.00584. The van der Waals surface area contributed by atoms with Crippen molar-refractivity contribution < 1.29 is 23.5 Å². The minimum atomic E-state index is -0.465. The fraction of sp³-hybridized carbons (Fsp3) is 0.125. The number of anilines is 1. The van der Waals surface area contributed by atoms with Gasteiger partial charge >= 0.3 is 5.97 Å². The summed E-state index contributed by atoms with van der Waals surface area (Å²) in [6, 6.07) is 13.2. The van der Waals surface area contributed by atoms with Crippen LogP contribution in [0.5, 0.6) is 5.75 Å². The van der Waals surface area contributed by atoms with Crippen molar-refractivity contribution in [2.24, 2.45) is 0 Å². The lowest BCUT2D eigenvalue weighted by atomic mass is 10.1. The second-order valence-corrected chi connectivity index (χ2v) is 8.53. The second-order valence-electron chi connectivity index (χ2n) is 7.28. The monoisotopic (exact) mass is 533 g/mol. The molecule has 35 heavy (non-hydrogen) atoms. The van der Waals surface area contributed by atoms with Crippen LogP contribution in [0.4, 0.5) is 5.69 Å². The number of furan rings is 1. The molecule has 0 spiro atoms. The van der Waals surface area contributed by atoms with Crippen LogP contribution in [0.1, 0.15) is 32.2 Å². The van der Waals surface area contributed by atoms with Crippen molar-refractivity contribution in [1.29, 1.82) is 0 Å². The average molecular weight is 535 g/mol. The average Bonchev–Trinajstić information content (AvgIpc) is 3.48. The molecule has 1 N–H and O–H groups in total. The van der Waals surface area contributed by atoms with Crippen LogP contribution in [-0.2, 0) is 17.9 Å². The maximum atomic E-state index is 12.6. The number of nitrogens with zero attached hydrogens (tertiary/aromatic N) is 2. The molecule has 0 radical (unpaired) electrons. The molecule has 0 fully saturated rings. The summed E-state index contributed by atoms with van der Waals surface area (Å²) in [4.78, 5) is 24.6. The fourth-order valence-electron chi connectivity index (χ4n) is 3.24. The Labute approximate surface area is 215 Å². The molecule has 1 amide bonds. The van der Waals surface area contributed by atoms with Gasteiger partial charge in [-0.1, -0.05) is 53.0 Å². The summed E-state index contributed by atoms with van der Waals surface area (Å²) >= 11 is 18.1. The highest BCUT2D eigenvalue weighted by molar-refractivity contribution is 6.40. The number of aromatic nitrogens is 2. The maximum absolute atomic E-state index is 12.6. The fourth-order valence-corrected chi connectivity index (χ4v) is 4.16. The number of hydrogen-bond donors (Lipinski definition) is 1. The van der Waals surface area contributed by atoms with Crippen molar-refractivity contribution in [2.75, 3.05) is 12.4 Å². The van der Waals surface area contributed by atoms with Gasteiger partial charge < -0.3 is 19.2 Å². The summed E-state index contributed by atoms with van der Waals surface area (Å²) in [5.74, 6) is -0.151. The zero-order valence-electron chi connectivity index (χ0n) is 18.3. The van der Waals surface area contributed by atoms with Gasteiger partial charge in [-0.3, -0.25) is 9.48 Å². The number of hydrogen-bond acceptors (Lipinski definition) is 6. The van der Waals surface area contributed by atoms with E-state index in [1.54, 1.807) is 29.1 Å². The zero-order valence-corrected chi connectivity index (χ0v) is 20.5. The molecule has 0 aliphatic heterocycles. The Morgan fingerprint density at radius 2 is 1.83 bits per heavy atom. The van der Waals surface area contributed by atoms with Crippen LogP contribution in [0.25, 0.3) is 0 Å². The summed E-state index contributed by atoms with van der Waals surface area (Å²) in [6.07, 6.45) is 3.14. The Bertz CT molecular complexity index is 1360. The van der Waals surface area contributed by atoms with E-state index in [0.29, 0.717) is 28.6 Å². The molecular weight excluding hydrogens is 517 g/mol. The van der Waals surface area contributed by atoms with E-state index in [1.165, 1.54) is 31.5 Å². The molecular formula is C24H18Cl3N3O5. The summed E-state index contributed by atoms with van der Waals surface area (Å²) in [5.41, 5.74) is 1.64. The van der Waals surface area contributed by atoms with Gasteiger partial charge in [0.2, 0.25) is 0 Å². The maximum Gasteiger partial charge on any atom is 0.338 e. The molecule has 8 nitrogen and oxygen atoms in total. The molecule has 2 aromatic carbocycles. The lowest BCUT2D eigenvalue weighted by Gasteiger charge is -2.09. The first-order valence-corrected chi connectivity index (χ1v) is 11.3. The highest BCUT2D eigenvalue weighted by Gasteiger charge is 2.16. The molecule has 180 valence electrons. The lowest BCUT2D eigenvalue weighted by molar-refractivity contribution is 0.0599. The van der Waals surface area contributed by atoms with Gasteiger partial charge in [0.05, 0.1) is 41.1 Å². The Morgan fingerprint density at radius 1 is 1.09 bits per heavy atom. The van der Waals surface area contributed by atoms with Gasteiger partial charge in [0.15, 0.2) is 11.5 Å².